The second-order valence-corrected chi connectivity index (χ2v) is 12.3. The summed E-state index contributed by atoms with van der Waals surface area (Å²) in [5.74, 6) is -1.06. The molecular weight excluding hydrogens is 633 g/mol. The lowest BCUT2D eigenvalue weighted by Crippen LogP contribution is -2.45. The number of nitrogens with zero attached hydrogens (tertiary/aromatic N) is 1. The van der Waals surface area contributed by atoms with Crippen molar-refractivity contribution >= 4 is 39.1 Å². The van der Waals surface area contributed by atoms with E-state index in [4.69, 9.17) is 21.1 Å². The van der Waals surface area contributed by atoms with Gasteiger partial charge in [0.2, 0.25) is 5.91 Å². The maximum Gasteiger partial charge on any atom is 0.261 e. The molecule has 0 aliphatic heterocycles. The number of anilines is 1. The van der Waals surface area contributed by atoms with E-state index in [1.807, 2.05) is 13.0 Å². The second kappa shape index (κ2) is 16.7. The normalized spacial score (nSPS) is 11.8. The second-order valence-electron chi connectivity index (χ2n) is 10.2. The van der Waals surface area contributed by atoms with Crippen LogP contribution >= 0.6 is 11.6 Å². The first-order valence-corrected chi connectivity index (χ1v) is 16.5. The van der Waals surface area contributed by atoms with Gasteiger partial charge in [0.1, 0.15) is 17.6 Å². The molecule has 0 unspecified atom stereocenters. The van der Waals surface area contributed by atoms with Gasteiger partial charge >= 0.3 is 0 Å². The van der Waals surface area contributed by atoms with Gasteiger partial charge in [0.25, 0.3) is 15.9 Å². The molecule has 0 fully saturated rings. The quantitative estimate of drug-likeness (QED) is 0.142. The Morgan fingerprint density at radius 2 is 1.59 bits per heavy atom. The zero-order valence-electron chi connectivity index (χ0n) is 25.2. The number of nitrogens with one attached hydrogen (secondary N) is 2. The molecule has 0 bridgehead atoms. The van der Waals surface area contributed by atoms with Crippen molar-refractivity contribution < 1.29 is 31.9 Å². The van der Waals surface area contributed by atoms with Crippen LogP contribution in [0.3, 0.4) is 0 Å². The molecule has 2 N–H and O–H groups in total. The molecular formula is C34H35ClFN3O6S. The molecule has 0 aromatic heterocycles. The van der Waals surface area contributed by atoms with Crippen molar-refractivity contribution in [3.8, 4) is 5.75 Å². The summed E-state index contributed by atoms with van der Waals surface area (Å²) in [5.41, 5.74) is 1.58. The fraction of sp³-hybridized carbons (Fsp3) is 0.235. The number of halogens is 2. The third-order valence-corrected chi connectivity index (χ3v) is 8.47. The van der Waals surface area contributed by atoms with Gasteiger partial charge < -0.3 is 19.7 Å². The van der Waals surface area contributed by atoms with E-state index >= 15 is 0 Å². The van der Waals surface area contributed by atoms with E-state index < -0.39 is 34.4 Å². The lowest BCUT2D eigenvalue weighted by molar-refractivity contribution is -0.143. The summed E-state index contributed by atoms with van der Waals surface area (Å²) in [5, 5.41) is 3.47. The molecule has 46 heavy (non-hydrogen) atoms. The summed E-state index contributed by atoms with van der Waals surface area (Å²) in [6.45, 7) is 3.01. The maximum atomic E-state index is 13.8. The molecule has 0 radical (unpaired) electrons. The summed E-state index contributed by atoms with van der Waals surface area (Å²) in [6.07, 6.45) is 0.612. The van der Waals surface area contributed by atoms with E-state index in [1.165, 1.54) is 41.3 Å². The van der Waals surface area contributed by atoms with E-state index in [2.05, 4.69) is 10.0 Å². The van der Waals surface area contributed by atoms with Gasteiger partial charge in [0.05, 0.1) is 4.90 Å². The van der Waals surface area contributed by atoms with Crippen LogP contribution in [0.5, 0.6) is 5.75 Å². The number of carbonyl (C=O) groups excluding carboxylic acids is 2. The fourth-order valence-electron chi connectivity index (χ4n) is 4.52. The molecule has 0 saturated heterocycles. The van der Waals surface area contributed by atoms with Crippen LogP contribution < -0.4 is 14.8 Å². The van der Waals surface area contributed by atoms with Gasteiger partial charge in [0, 0.05) is 37.0 Å². The van der Waals surface area contributed by atoms with Crippen LogP contribution in [0.15, 0.2) is 108 Å². The Balaban J connectivity index is 1.52. The van der Waals surface area contributed by atoms with Crippen molar-refractivity contribution in [2.45, 2.75) is 30.8 Å². The summed E-state index contributed by atoms with van der Waals surface area (Å²) >= 11 is 6.09. The molecule has 0 spiro atoms. The van der Waals surface area contributed by atoms with E-state index in [0.717, 1.165) is 17.7 Å². The van der Waals surface area contributed by atoms with Gasteiger partial charge in [-0.2, -0.15) is 0 Å². The van der Waals surface area contributed by atoms with Gasteiger partial charge in [-0.1, -0.05) is 54.1 Å². The van der Waals surface area contributed by atoms with Crippen LogP contribution in [0.4, 0.5) is 10.1 Å². The number of hydrogen-bond acceptors (Lipinski definition) is 6. The minimum absolute atomic E-state index is 0.0509. The third kappa shape index (κ3) is 10.0. The van der Waals surface area contributed by atoms with Gasteiger partial charge in [-0.15, -0.1) is 0 Å². The monoisotopic (exact) mass is 667 g/mol. The first-order chi connectivity index (χ1) is 22.2. The molecule has 242 valence electrons. The molecule has 0 saturated carbocycles. The number of carbonyl (C=O) groups is 2. The Labute approximate surface area is 273 Å². The summed E-state index contributed by atoms with van der Waals surface area (Å²) in [7, 11) is -3.95. The highest BCUT2D eigenvalue weighted by atomic mass is 35.5. The van der Waals surface area contributed by atoms with E-state index in [-0.39, 0.29) is 28.8 Å². The minimum atomic E-state index is -3.95. The van der Waals surface area contributed by atoms with Gasteiger partial charge in [-0.25, -0.2) is 12.8 Å². The zero-order chi connectivity index (χ0) is 32.9. The van der Waals surface area contributed by atoms with Gasteiger partial charge in [0.15, 0.2) is 6.61 Å². The lowest BCUT2D eigenvalue weighted by atomic mass is 10.0. The number of benzene rings is 4. The number of ether oxygens (including phenoxy) is 2. The highest BCUT2D eigenvalue weighted by Gasteiger charge is 2.31. The highest BCUT2D eigenvalue weighted by molar-refractivity contribution is 7.92. The molecule has 9 nitrogen and oxygen atoms in total. The number of rotatable bonds is 16. The van der Waals surface area contributed by atoms with E-state index in [9.17, 15) is 22.4 Å². The molecule has 4 aromatic rings. The van der Waals surface area contributed by atoms with Gasteiger partial charge in [-0.3, -0.25) is 14.3 Å². The SMILES string of the molecule is CCOCCCNC(=O)[C@H](c1ccccc1)N(Cc1ccc(Cl)cc1)C(=O)COc1ccc(S(=O)(=O)Nc2ccc(F)cc2)cc1. The summed E-state index contributed by atoms with van der Waals surface area (Å²) < 4.78 is 52.3. The molecule has 0 heterocycles. The standard InChI is InChI=1S/C34H35ClFN3O6S/c1-2-44-22-6-21-37-34(41)33(26-7-4-3-5-8-26)39(23-25-9-11-27(35)12-10-25)32(40)24-45-30-17-19-31(20-18-30)46(42,43)38-29-15-13-28(36)14-16-29/h3-5,7-20,33,38H,2,6,21-24H2,1H3,(H,37,41)/t33-/m0/s1. The molecule has 1 atom stereocenters. The maximum absolute atomic E-state index is 13.8. The molecule has 0 aliphatic rings. The van der Waals surface area contributed by atoms with Crippen molar-refractivity contribution in [1.82, 2.24) is 10.2 Å². The Morgan fingerprint density at radius 1 is 0.913 bits per heavy atom. The van der Waals surface area contributed by atoms with Crippen LogP contribution in [0, 0.1) is 5.82 Å². The number of sulfonamides is 1. The predicted octanol–water partition coefficient (Wildman–Crippen LogP) is 5.97. The minimum Gasteiger partial charge on any atom is -0.484 e. The Bertz CT molecular complexity index is 1670. The average molecular weight is 668 g/mol. The van der Waals surface area contributed by atoms with Crippen molar-refractivity contribution in [2.24, 2.45) is 0 Å². The molecule has 12 heteroatoms. The van der Waals surface area contributed by atoms with Crippen LogP contribution in [-0.2, 0) is 30.9 Å². The number of hydrogen-bond donors (Lipinski definition) is 2. The summed E-state index contributed by atoms with van der Waals surface area (Å²) in [6, 6.07) is 25.5. The first kappa shape index (κ1) is 34.4. The Morgan fingerprint density at radius 3 is 2.24 bits per heavy atom. The van der Waals surface area contributed by atoms with Crippen molar-refractivity contribution in [3.05, 3.63) is 125 Å². The van der Waals surface area contributed by atoms with Gasteiger partial charge in [-0.05, 0) is 85.1 Å². The van der Waals surface area contributed by atoms with Crippen molar-refractivity contribution in [3.63, 3.8) is 0 Å². The molecule has 4 rings (SSSR count). The fourth-order valence-corrected chi connectivity index (χ4v) is 5.70. The van der Waals surface area contributed by atoms with E-state index in [0.29, 0.717) is 36.8 Å². The zero-order valence-corrected chi connectivity index (χ0v) is 26.8. The number of amides is 2. The average Bonchev–Trinajstić information content (AvgIpc) is 3.06. The Kier molecular flexibility index (Phi) is 12.5. The third-order valence-electron chi connectivity index (χ3n) is 6.82. The molecule has 4 aromatic carbocycles. The van der Waals surface area contributed by atoms with Crippen molar-refractivity contribution in [1.29, 1.82) is 0 Å². The first-order valence-electron chi connectivity index (χ1n) is 14.6. The van der Waals surface area contributed by atoms with Crippen LogP contribution in [-0.4, -0.2) is 51.5 Å². The molecule has 2 amide bonds. The Hall–Kier alpha value is -4.45. The smallest absolute Gasteiger partial charge is 0.261 e. The highest BCUT2D eigenvalue weighted by Crippen LogP contribution is 2.26. The lowest BCUT2D eigenvalue weighted by Gasteiger charge is -2.31. The van der Waals surface area contributed by atoms with Crippen LogP contribution in [0.1, 0.15) is 30.5 Å². The van der Waals surface area contributed by atoms with E-state index in [1.54, 1.807) is 48.5 Å². The predicted molar refractivity (Wildman–Crippen MR) is 174 cm³/mol. The van der Waals surface area contributed by atoms with Crippen molar-refractivity contribution in [2.75, 3.05) is 31.1 Å². The van der Waals surface area contributed by atoms with Crippen LogP contribution in [0.25, 0.3) is 0 Å². The largest absolute Gasteiger partial charge is 0.484 e. The van der Waals surface area contributed by atoms with Crippen LogP contribution in [0.2, 0.25) is 5.02 Å². The summed E-state index contributed by atoms with van der Waals surface area (Å²) in [4.78, 5) is 28.8. The topological polar surface area (TPSA) is 114 Å². The molecule has 0 aliphatic carbocycles.